The van der Waals surface area contributed by atoms with Crippen molar-refractivity contribution in [1.82, 2.24) is 4.98 Å². The minimum Gasteiger partial charge on any atom is -0.494 e. The summed E-state index contributed by atoms with van der Waals surface area (Å²) in [7, 11) is -0.425. The van der Waals surface area contributed by atoms with Crippen LogP contribution in [0, 0.1) is 0 Å². The van der Waals surface area contributed by atoms with Crippen LogP contribution in [0.15, 0.2) is 58.3 Å². The van der Waals surface area contributed by atoms with Gasteiger partial charge in [-0.1, -0.05) is 42.5 Å². The molecule has 30 heavy (non-hydrogen) atoms. The molecule has 0 aliphatic carbocycles. The first-order valence-electron chi connectivity index (χ1n) is 9.96. The van der Waals surface area contributed by atoms with Crippen LogP contribution in [-0.2, 0) is 15.9 Å². The van der Waals surface area contributed by atoms with E-state index in [1.807, 2.05) is 58.0 Å². The van der Waals surface area contributed by atoms with Crippen molar-refractivity contribution in [2.24, 2.45) is 4.99 Å². The molecule has 7 heteroatoms. The van der Waals surface area contributed by atoms with Gasteiger partial charge in [-0.05, 0) is 44.8 Å². The van der Waals surface area contributed by atoms with Gasteiger partial charge in [0.1, 0.15) is 0 Å². The van der Waals surface area contributed by atoms with Crippen LogP contribution in [0.3, 0.4) is 0 Å². The topological polar surface area (TPSA) is 83.9 Å². The molecule has 4 rings (SSSR count). The average molecular weight is 404 g/mol. The van der Waals surface area contributed by atoms with Crippen LogP contribution in [0.5, 0.6) is 5.88 Å². The number of nitrogens with one attached hydrogen (secondary N) is 1. The molecule has 0 unspecified atom stereocenters. The van der Waals surface area contributed by atoms with Crippen molar-refractivity contribution in [2.45, 2.75) is 45.4 Å². The van der Waals surface area contributed by atoms with Crippen molar-refractivity contribution < 1.29 is 14.4 Å². The lowest BCUT2D eigenvalue weighted by atomic mass is 9.78. The first-order chi connectivity index (χ1) is 14.2. The van der Waals surface area contributed by atoms with Gasteiger partial charge in [0.05, 0.1) is 23.3 Å². The van der Waals surface area contributed by atoms with Crippen molar-refractivity contribution in [1.29, 1.82) is 0 Å². The maximum Gasteiger partial charge on any atom is 0.494 e. The number of fused-ring (bicyclic) bond motifs is 1. The summed E-state index contributed by atoms with van der Waals surface area (Å²) in [6.45, 7) is 8.54. The maximum absolute atomic E-state index is 12.0. The molecule has 0 saturated carbocycles. The lowest BCUT2D eigenvalue weighted by Crippen LogP contribution is -2.41. The van der Waals surface area contributed by atoms with Gasteiger partial charge in [-0.25, -0.2) is 0 Å². The van der Waals surface area contributed by atoms with Crippen molar-refractivity contribution >= 4 is 29.6 Å². The van der Waals surface area contributed by atoms with E-state index in [9.17, 15) is 9.90 Å². The number of rotatable bonds is 4. The van der Waals surface area contributed by atoms with E-state index in [-0.39, 0.29) is 11.4 Å². The van der Waals surface area contributed by atoms with Gasteiger partial charge in [0.2, 0.25) is 5.88 Å². The third kappa shape index (κ3) is 3.66. The van der Waals surface area contributed by atoms with Crippen LogP contribution in [-0.4, -0.2) is 34.6 Å². The molecular weight excluding hydrogens is 379 g/mol. The molecule has 2 heterocycles. The Bertz CT molecular complexity index is 1170. The Balaban J connectivity index is 1.56. The summed E-state index contributed by atoms with van der Waals surface area (Å²) < 4.78 is 12.3. The van der Waals surface area contributed by atoms with E-state index in [0.29, 0.717) is 22.9 Å². The quantitative estimate of drug-likeness (QED) is 0.517. The number of aromatic hydroxyl groups is 1. The minimum absolute atomic E-state index is 0.187. The van der Waals surface area contributed by atoms with Crippen molar-refractivity contribution in [3.63, 3.8) is 0 Å². The summed E-state index contributed by atoms with van der Waals surface area (Å²) in [4.78, 5) is 19.0. The number of hydrogen-bond donors (Lipinski definition) is 2. The summed E-state index contributed by atoms with van der Waals surface area (Å²) in [5.41, 5.74) is 1.32. The smallest absolute Gasteiger partial charge is 0.494 e. The highest BCUT2D eigenvalue weighted by atomic mass is 16.7. The highest BCUT2D eigenvalue weighted by Crippen LogP contribution is 2.36. The highest BCUT2D eigenvalue weighted by Gasteiger charge is 2.51. The first-order valence-corrected chi connectivity index (χ1v) is 9.96. The number of aromatic nitrogens is 1. The lowest BCUT2D eigenvalue weighted by molar-refractivity contribution is 0.00578. The maximum atomic E-state index is 12.0. The Morgan fingerprint density at radius 2 is 1.70 bits per heavy atom. The number of nitrogens with zero attached hydrogens (tertiary/aromatic N) is 1. The van der Waals surface area contributed by atoms with Crippen LogP contribution in [0.1, 0.15) is 38.8 Å². The molecule has 2 aromatic carbocycles. The minimum atomic E-state index is -0.425. The molecule has 0 radical (unpaired) electrons. The zero-order valence-electron chi connectivity index (χ0n) is 17.6. The monoisotopic (exact) mass is 404 g/mol. The molecule has 0 spiro atoms. The Hall–Kier alpha value is -2.90. The van der Waals surface area contributed by atoms with Crippen LogP contribution in [0.4, 0.5) is 0 Å². The van der Waals surface area contributed by atoms with Crippen LogP contribution in [0.2, 0.25) is 0 Å². The number of hydrogen-bond acceptors (Lipinski definition) is 5. The fourth-order valence-electron chi connectivity index (χ4n) is 3.48. The Morgan fingerprint density at radius 3 is 2.40 bits per heavy atom. The third-order valence-electron chi connectivity index (χ3n) is 5.92. The first kappa shape index (κ1) is 20.4. The van der Waals surface area contributed by atoms with Gasteiger partial charge >= 0.3 is 7.12 Å². The Labute approximate surface area is 175 Å². The molecule has 1 aromatic heterocycles. The molecule has 1 saturated heterocycles. The van der Waals surface area contributed by atoms with Gasteiger partial charge in [0, 0.05) is 17.0 Å². The zero-order valence-corrected chi connectivity index (χ0v) is 17.6. The standard InChI is InChI=1S/C23H25BN2O4/c1-22(2)23(3,4)30-24(29-22)16-9-7-8-15(12-16)13-25-14-19-17-10-5-6-11-18(17)20(27)26-21(19)28/h5-12,14H,13H2,1-4H3,(H2,26,27,28). The fourth-order valence-corrected chi connectivity index (χ4v) is 3.48. The van der Waals surface area contributed by atoms with Gasteiger partial charge in [0.15, 0.2) is 0 Å². The molecule has 1 fully saturated rings. The normalized spacial score (nSPS) is 17.8. The van der Waals surface area contributed by atoms with Gasteiger partial charge < -0.3 is 14.4 Å². The van der Waals surface area contributed by atoms with E-state index in [4.69, 9.17) is 9.31 Å². The molecule has 0 atom stereocenters. The molecule has 0 bridgehead atoms. The molecule has 3 aromatic rings. The number of benzene rings is 2. The lowest BCUT2D eigenvalue weighted by Gasteiger charge is -2.32. The van der Waals surface area contributed by atoms with Gasteiger partial charge in [-0.2, -0.15) is 0 Å². The zero-order chi connectivity index (χ0) is 21.5. The molecule has 1 aliphatic rings. The van der Waals surface area contributed by atoms with Gasteiger partial charge in [-0.3, -0.25) is 14.8 Å². The fraction of sp³-hybridized carbons (Fsp3) is 0.304. The Morgan fingerprint density at radius 1 is 1.03 bits per heavy atom. The van der Waals surface area contributed by atoms with Crippen molar-refractivity contribution in [3.8, 4) is 5.88 Å². The Kier molecular flexibility index (Phi) is 5.04. The van der Waals surface area contributed by atoms with E-state index in [0.717, 1.165) is 11.0 Å². The van der Waals surface area contributed by atoms with E-state index in [2.05, 4.69) is 9.98 Å². The summed E-state index contributed by atoms with van der Waals surface area (Å²) >= 11 is 0. The van der Waals surface area contributed by atoms with Crippen LogP contribution >= 0.6 is 0 Å². The molecular formula is C23H25BN2O4. The predicted molar refractivity (Wildman–Crippen MR) is 120 cm³/mol. The number of pyridine rings is 1. The number of H-pyrrole nitrogens is 1. The molecule has 154 valence electrons. The summed E-state index contributed by atoms with van der Waals surface area (Å²) in [6, 6.07) is 15.1. The van der Waals surface area contributed by atoms with E-state index in [1.165, 1.54) is 0 Å². The van der Waals surface area contributed by atoms with Crippen molar-refractivity contribution in [3.05, 3.63) is 70.0 Å². The van der Waals surface area contributed by atoms with Crippen molar-refractivity contribution in [2.75, 3.05) is 0 Å². The number of aromatic amines is 1. The van der Waals surface area contributed by atoms with Crippen LogP contribution in [0.25, 0.3) is 10.8 Å². The number of aliphatic imine (C=N–C) groups is 1. The van der Waals surface area contributed by atoms with E-state index < -0.39 is 18.3 Å². The molecule has 0 amide bonds. The largest absolute Gasteiger partial charge is 0.494 e. The second kappa shape index (κ2) is 7.41. The van der Waals surface area contributed by atoms with E-state index in [1.54, 1.807) is 24.4 Å². The third-order valence-corrected chi connectivity index (χ3v) is 5.92. The van der Waals surface area contributed by atoms with E-state index >= 15 is 0 Å². The second-order valence-electron chi connectivity index (χ2n) is 8.57. The SMILES string of the molecule is CC1(C)OB(c2cccc(CN=Cc3c(O)[nH]c(=O)c4ccccc34)c2)OC1(C)C. The summed E-state index contributed by atoms with van der Waals surface area (Å²) in [5, 5.41) is 11.4. The second-order valence-corrected chi connectivity index (χ2v) is 8.57. The molecule has 2 N–H and O–H groups in total. The summed E-state index contributed by atoms with van der Waals surface area (Å²) in [5.74, 6) is -0.187. The molecule has 1 aliphatic heterocycles. The molecule has 6 nitrogen and oxygen atoms in total. The highest BCUT2D eigenvalue weighted by molar-refractivity contribution is 6.62. The summed E-state index contributed by atoms with van der Waals surface area (Å²) in [6.07, 6.45) is 1.59. The average Bonchev–Trinajstić information content (AvgIpc) is 2.92. The van der Waals surface area contributed by atoms with Gasteiger partial charge in [-0.15, -0.1) is 0 Å². The van der Waals surface area contributed by atoms with Crippen LogP contribution < -0.4 is 11.0 Å². The predicted octanol–water partition coefficient (Wildman–Crippen LogP) is 3.15. The van der Waals surface area contributed by atoms with Gasteiger partial charge in [0.25, 0.3) is 5.56 Å².